The highest BCUT2D eigenvalue weighted by Crippen LogP contribution is 2.23. The molecule has 0 aromatic carbocycles. The molecule has 0 aliphatic heterocycles. The van der Waals surface area contributed by atoms with Gasteiger partial charge in [0, 0.05) is 26.1 Å². The third-order valence-electron chi connectivity index (χ3n) is 4.29. The van der Waals surface area contributed by atoms with Crippen LogP contribution in [0.25, 0.3) is 28.3 Å². The minimum absolute atomic E-state index is 0.139. The number of amides is 1. The summed E-state index contributed by atoms with van der Waals surface area (Å²) in [5, 5.41) is 12.4. The molecule has 4 rings (SSSR count). The van der Waals surface area contributed by atoms with Crippen LogP contribution in [0.1, 0.15) is 32.1 Å². The van der Waals surface area contributed by atoms with E-state index in [0.29, 0.717) is 29.3 Å². The Labute approximate surface area is 160 Å². The second-order valence-corrected chi connectivity index (χ2v) is 6.44. The highest BCUT2D eigenvalue weighted by molar-refractivity contribution is 5.94. The van der Waals surface area contributed by atoms with Crippen molar-refractivity contribution in [1.82, 2.24) is 29.4 Å². The van der Waals surface area contributed by atoms with E-state index in [1.54, 1.807) is 30.1 Å². The van der Waals surface area contributed by atoms with Gasteiger partial charge >= 0.3 is 0 Å². The van der Waals surface area contributed by atoms with Crippen molar-refractivity contribution in [1.29, 1.82) is 0 Å². The zero-order valence-electron chi connectivity index (χ0n) is 15.4. The van der Waals surface area contributed by atoms with E-state index < -0.39 is 0 Å². The fourth-order valence-electron chi connectivity index (χ4n) is 2.97. The number of nitrogens with zero attached hydrogens (tertiary/aromatic N) is 6. The number of terminal acetylenes is 1. The molecule has 1 amide bonds. The minimum Gasteiger partial charge on any atom is -0.461 e. The quantitative estimate of drug-likeness (QED) is 0.392. The van der Waals surface area contributed by atoms with Gasteiger partial charge in [-0.2, -0.15) is 14.6 Å². The molecule has 9 heteroatoms. The molecule has 0 aliphatic carbocycles. The Morgan fingerprint density at radius 3 is 2.96 bits per heavy atom. The zero-order valence-corrected chi connectivity index (χ0v) is 15.4. The maximum atomic E-state index is 12.4. The summed E-state index contributed by atoms with van der Waals surface area (Å²) in [5.41, 5.74) is 1.03. The second kappa shape index (κ2) is 7.52. The molecular weight excluding hydrogens is 358 g/mol. The molecule has 0 unspecified atom stereocenters. The smallest absolute Gasteiger partial charge is 0.234 e. The van der Waals surface area contributed by atoms with Crippen LogP contribution in [0, 0.1) is 12.3 Å². The van der Waals surface area contributed by atoms with E-state index in [-0.39, 0.29) is 11.9 Å². The number of aromatic nitrogens is 6. The van der Waals surface area contributed by atoms with Crippen molar-refractivity contribution in [3.8, 4) is 23.9 Å². The number of carbonyl (C=O) groups excluding carboxylic acids is 1. The standard InChI is InChI=1S/C19H19N7O2/c1-3-4-5-6-7-10-15(27)20-19-22-16-13(12-25(2)23-16)18-21-17(24-26(18)19)14-9-8-11-28-14/h1,8-9,11-12H,4-7,10H2,2H3,(H,20,22,23,27). The van der Waals surface area contributed by atoms with Gasteiger partial charge in [0.1, 0.15) is 0 Å². The van der Waals surface area contributed by atoms with Gasteiger partial charge in [-0.1, -0.05) is 6.42 Å². The van der Waals surface area contributed by atoms with Gasteiger partial charge in [-0.15, -0.1) is 17.4 Å². The van der Waals surface area contributed by atoms with Crippen molar-refractivity contribution in [2.75, 3.05) is 5.32 Å². The van der Waals surface area contributed by atoms with Crippen LogP contribution in [0.5, 0.6) is 0 Å². The first kappa shape index (κ1) is 17.7. The Morgan fingerprint density at radius 2 is 2.18 bits per heavy atom. The number of nitrogens with one attached hydrogen (secondary N) is 1. The molecule has 0 saturated heterocycles. The van der Waals surface area contributed by atoms with Crippen molar-refractivity contribution in [2.45, 2.75) is 32.1 Å². The molecule has 142 valence electrons. The highest BCUT2D eigenvalue weighted by atomic mass is 16.3. The van der Waals surface area contributed by atoms with Crippen LogP contribution in [0.4, 0.5) is 5.95 Å². The number of furan rings is 1. The summed E-state index contributed by atoms with van der Waals surface area (Å²) in [7, 11) is 1.80. The van der Waals surface area contributed by atoms with Gasteiger partial charge in [0.25, 0.3) is 0 Å². The van der Waals surface area contributed by atoms with Crippen LogP contribution in [0.3, 0.4) is 0 Å². The minimum atomic E-state index is -0.139. The summed E-state index contributed by atoms with van der Waals surface area (Å²) in [6.07, 6.45) is 12.3. The first-order valence-electron chi connectivity index (χ1n) is 9.03. The van der Waals surface area contributed by atoms with E-state index in [9.17, 15) is 4.79 Å². The molecule has 9 nitrogen and oxygen atoms in total. The summed E-state index contributed by atoms with van der Waals surface area (Å²) in [4.78, 5) is 21.4. The van der Waals surface area contributed by atoms with E-state index in [0.717, 1.165) is 31.1 Å². The number of anilines is 1. The average molecular weight is 377 g/mol. The van der Waals surface area contributed by atoms with Gasteiger partial charge in [-0.25, -0.2) is 4.98 Å². The molecule has 0 spiro atoms. The first-order chi connectivity index (χ1) is 13.7. The van der Waals surface area contributed by atoms with Crippen molar-refractivity contribution in [2.24, 2.45) is 7.05 Å². The molecule has 0 atom stereocenters. The van der Waals surface area contributed by atoms with Crippen LogP contribution in [0.2, 0.25) is 0 Å². The lowest BCUT2D eigenvalue weighted by atomic mass is 10.1. The molecule has 0 radical (unpaired) electrons. The van der Waals surface area contributed by atoms with Gasteiger partial charge in [-0.3, -0.25) is 14.8 Å². The largest absolute Gasteiger partial charge is 0.461 e. The first-order valence-corrected chi connectivity index (χ1v) is 9.03. The van der Waals surface area contributed by atoms with Crippen molar-refractivity contribution in [3.63, 3.8) is 0 Å². The number of rotatable bonds is 7. The highest BCUT2D eigenvalue weighted by Gasteiger charge is 2.18. The predicted molar refractivity (Wildman–Crippen MR) is 103 cm³/mol. The van der Waals surface area contributed by atoms with Gasteiger partial charge < -0.3 is 4.42 Å². The third-order valence-corrected chi connectivity index (χ3v) is 4.29. The van der Waals surface area contributed by atoms with E-state index >= 15 is 0 Å². The van der Waals surface area contributed by atoms with E-state index in [2.05, 4.69) is 31.4 Å². The number of aryl methyl sites for hydroxylation is 1. The van der Waals surface area contributed by atoms with Gasteiger partial charge in [-0.05, 0) is 25.0 Å². The second-order valence-electron chi connectivity index (χ2n) is 6.44. The van der Waals surface area contributed by atoms with E-state index in [4.69, 9.17) is 10.8 Å². The van der Waals surface area contributed by atoms with Crippen molar-refractivity contribution < 1.29 is 9.21 Å². The molecule has 4 aromatic rings. The lowest BCUT2D eigenvalue weighted by Gasteiger charge is -2.06. The summed E-state index contributed by atoms with van der Waals surface area (Å²) in [6, 6.07) is 3.54. The van der Waals surface area contributed by atoms with Crippen LogP contribution >= 0.6 is 0 Å². The van der Waals surface area contributed by atoms with Gasteiger partial charge in [0.2, 0.25) is 17.7 Å². The topological polar surface area (TPSA) is 103 Å². The Morgan fingerprint density at radius 1 is 1.29 bits per heavy atom. The van der Waals surface area contributed by atoms with E-state index in [1.165, 1.54) is 4.52 Å². The average Bonchev–Trinajstić information content (AvgIpc) is 3.39. The Balaban J connectivity index is 1.64. The number of unbranched alkanes of at least 4 members (excludes halogenated alkanes) is 3. The monoisotopic (exact) mass is 377 g/mol. The maximum absolute atomic E-state index is 12.4. The fourth-order valence-corrected chi connectivity index (χ4v) is 2.97. The van der Waals surface area contributed by atoms with Gasteiger partial charge in [0.05, 0.1) is 11.6 Å². The predicted octanol–water partition coefficient (Wildman–Crippen LogP) is 2.79. The molecule has 0 saturated carbocycles. The SMILES string of the molecule is C#CCCCCCC(=O)Nc1nc2nn(C)cc2c2nc(-c3ccco3)nn12. The van der Waals surface area contributed by atoms with Crippen LogP contribution in [-0.4, -0.2) is 35.3 Å². The summed E-state index contributed by atoms with van der Waals surface area (Å²) in [6.45, 7) is 0. The lowest BCUT2D eigenvalue weighted by molar-refractivity contribution is -0.116. The summed E-state index contributed by atoms with van der Waals surface area (Å²) < 4.78 is 8.55. The summed E-state index contributed by atoms with van der Waals surface area (Å²) >= 11 is 0. The van der Waals surface area contributed by atoms with Crippen LogP contribution < -0.4 is 5.32 Å². The molecule has 1 N–H and O–H groups in total. The Hall–Kier alpha value is -3.67. The van der Waals surface area contributed by atoms with E-state index in [1.807, 2.05) is 6.20 Å². The third kappa shape index (κ3) is 3.44. The maximum Gasteiger partial charge on any atom is 0.234 e. The molecule has 28 heavy (non-hydrogen) atoms. The number of hydrogen-bond donors (Lipinski definition) is 1. The molecular formula is C19H19N7O2. The molecule has 4 aromatic heterocycles. The number of fused-ring (bicyclic) bond motifs is 3. The lowest BCUT2D eigenvalue weighted by Crippen LogP contribution is -2.16. The number of carbonyl (C=O) groups is 1. The zero-order chi connectivity index (χ0) is 19.5. The number of hydrogen-bond acceptors (Lipinski definition) is 6. The molecule has 0 aliphatic rings. The molecule has 0 bridgehead atoms. The normalized spacial score (nSPS) is 11.1. The Bertz CT molecular complexity index is 1160. The Kier molecular flexibility index (Phi) is 4.76. The van der Waals surface area contributed by atoms with Crippen LogP contribution in [0.15, 0.2) is 29.0 Å². The van der Waals surface area contributed by atoms with Gasteiger partial charge in [0.15, 0.2) is 17.1 Å². The molecule has 0 fully saturated rings. The summed E-state index contributed by atoms with van der Waals surface area (Å²) in [5.74, 6) is 3.69. The van der Waals surface area contributed by atoms with Crippen molar-refractivity contribution >= 4 is 28.5 Å². The van der Waals surface area contributed by atoms with Crippen LogP contribution in [-0.2, 0) is 11.8 Å². The fraction of sp³-hybridized carbons (Fsp3) is 0.316. The van der Waals surface area contributed by atoms with Crippen molar-refractivity contribution in [3.05, 3.63) is 24.6 Å². The molecule has 4 heterocycles.